The van der Waals surface area contributed by atoms with Gasteiger partial charge in [-0.05, 0) is 52.1 Å². The Morgan fingerprint density at radius 1 is 1.05 bits per heavy atom. The van der Waals surface area contributed by atoms with Crippen molar-refractivity contribution in [1.29, 1.82) is 0 Å². The molecule has 2 aliphatic heterocycles. The standard InChI is InChI=1S/C17H33N3/c1-3-18-14-12-16-8-9-17(13-14)20(16)11-10-19(2)15-6-4-5-7-15/h14-18H,3-13H2,1-2H3. The molecule has 0 aromatic carbocycles. The van der Waals surface area contributed by atoms with E-state index >= 15 is 0 Å². The van der Waals surface area contributed by atoms with Gasteiger partial charge >= 0.3 is 0 Å². The van der Waals surface area contributed by atoms with Crippen molar-refractivity contribution < 1.29 is 0 Å². The molecule has 0 aromatic heterocycles. The monoisotopic (exact) mass is 279 g/mol. The minimum Gasteiger partial charge on any atom is -0.314 e. The summed E-state index contributed by atoms with van der Waals surface area (Å²) in [5.41, 5.74) is 0. The first-order valence-electron chi connectivity index (χ1n) is 8.97. The molecule has 3 heteroatoms. The van der Waals surface area contributed by atoms with Gasteiger partial charge in [-0.2, -0.15) is 0 Å². The van der Waals surface area contributed by atoms with Gasteiger partial charge in [0, 0.05) is 37.3 Å². The molecule has 2 saturated heterocycles. The fourth-order valence-corrected chi connectivity index (χ4v) is 4.90. The summed E-state index contributed by atoms with van der Waals surface area (Å²) in [7, 11) is 2.35. The molecule has 3 aliphatic rings. The number of nitrogens with zero attached hydrogens (tertiary/aromatic N) is 2. The normalized spacial score (nSPS) is 35.2. The van der Waals surface area contributed by atoms with Crippen LogP contribution in [0.4, 0.5) is 0 Å². The van der Waals surface area contributed by atoms with Gasteiger partial charge in [-0.1, -0.05) is 19.8 Å². The average Bonchev–Trinajstić information content (AvgIpc) is 3.04. The van der Waals surface area contributed by atoms with Crippen molar-refractivity contribution in [2.75, 3.05) is 26.7 Å². The van der Waals surface area contributed by atoms with E-state index in [0.717, 1.165) is 30.7 Å². The summed E-state index contributed by atoms with van der Waals surface area (Å²) in [6.45, 7) is 5.96. The van der Waals surface area contributed by atoms with Crippen molar-refractivity contribution in [3.8, 4) is 0 Å². The third-order valence-electron chi connectivity index (χ3n) is 6.04. The predicted molar refractivity (Wildman–Crippen MR) is 85.1 cm³/mol. The van der Waals surface area contributed by atoms with Crippen molar-refractivity contribution in [2.45, 2.75) is 82.5 Å². The van der Waals surface area contributed by atoms with Crippen LogP contribution in [-0.2, 0) is 0 Å². The summed E-state index contributed by atoms with van der Waals surface area (Å²) in [6, 6.07) is 3.41. The molecule has 2 heterocycles. The molecule has 0 aromatic rings. The van der Waals surface area contributed by atoms with Gasteiger partial charge < -0.3 is 10.2 Å². The molecule has 3 nitrogen and oxygen atoms in total. The fraction of sp³-hybridized carbons (Fsp3) is 1.00. The van der Waals surface area contributed by atoms with Crippen LogP contribution in [0.1, 0.15) is 58.3 Å². The van der Waals surface area contributed by atoms with Crippen LogP contribution in [-0.4, -0.2) is 60.6 Å². The highest BCUT2D eigenvalue weighted by molar-refractivity contribution is 4.97. The maximum absolute atomic E-state index is 3.68. The summed E-state index contributed by atoms with van der Waals surface area (Å²) in [5, 5.41) is 3.68. The topological polar surface area (TPSA) is 18.5 Å². The number of fused-ring (bicyclic) bond motifs is 2. The zero-order chi connectivity index (χ0) is 13.9. The number of nitrogens with one attached hydrogen (secondary N) is 1. The van der Waals surface area contributed by atoms with Crippen LogP contribution < -0.4 is 5.32 Å². The van der Waals surface area contributed by atoms with Crippen molar-refractivity contribution in [3.63, 3.8) is 0 Å². The van der Waals surface area contributed by atoms with E-state index in [-0.39, 0.29) is 0 Å². The molecule has 2 unspecified atom stereocenters. The first-order valence-corrected chi connectivity index (χ1v) is 8.97. The highest BCUT2D eigenvalue weighted by Gasteiger charge is 2.40. The Kier molecular flexibility index (Phi) is 5.00. The van der Waals surface area contributed by atoms with E-state index in [1.807, 2.05) is 0 Å². The molecule has 0 radical (unpaired) electrons. The third-order valence-corrected chi connectivity index (χ3v) is 6.04. The molecule has 20 heavy (non-hydrogen) atoms. The van der Waals surface area contributed by atoms with Crippen LogP contribution >= 0.6 is 0 Å². The Balaban J connectivity index is 1.46. The minimum absolute atomic E-state index is 0.793. The second kappa shape index (κ2) is 6.76. The fourth-order valence-electron chi connectivity index (χ4n) is 4.90. The second-order valence-electron chi connectivity index (χ2n) is 7.27. The van der Waals surface area contributed by atoms with Crippen LogP contribution in [0.5, 0.6) is 0 Å². The van der Waals surface area contributed by atoms with Gasteiger partial charge in [0.05, 0.1) is 0 Å². The van der Waals surface area contributed by atoms with E-state index in [9.17, 15) is 0 Å². The van der Waals surface area contributed by atoms with E-state index in [4.69, 9.17) is 0 Å². The van der Waals surface area contributed by atoms with Gasteiger partial charge in [0.25, 0.3) is 0 Å². The summed E-state index contributed by atoms with van der Waals surface area (Å²) in [4.78, 5) is 5.49. The van der Waals surface area contributed by atoms with E-state index in [1.165, 1.54) is 64.5 Å². The predicted octanol–water partition coefficient (Wildman–Crippen LogP) is 2.47. The highest BCUT2D eigenvalue weighted by Crippen LogP contribution is 2.35. The number of rotatable bonds is 6. The Morgan fingerprint density at radius 2 is 1.70 bits per heavy atom. The number of piperidine rings is 1. The van der Waals surface area contributed by atoms with Gasteiger partial charge in [-0.25, -0.2) is 0 Å². The lowest BCUT2D eigenvalue weighted by atomic mass is 9.97. The van der Waals surface area contributed by atoms with E-state index in [1.54, 1.807) is 0 Å². The highest BCUT2D eigenvalue weighted by atomic mass is 15.3. The molecule has 2 bridgehead atoms. The SMILES string of the molecule is CCNC1CC2CCC(C1)N2CCN(C)C1CCCC1. The van der Waals surface area contributed by atoms with Crippen LogP contribution in [0.3, 0.4) is 0 Å². The van der Waals surface area contributed by atoms with E-state index in [2.05, 4.69) is 29.1 Å². The Labute approximate surface area is 125 Å². The number of hydrogen-bond acceptors (Lipinski definition) is 3. The Morgan fingerprint density at radius 3 is 2.30 bits per heavy atom. The van der Waals surface area contributed by atoms with Crippen LogP contribution in [0, 0.1) is 0 Å². The molecule has 116 valence electrons. The number of hydrogen-bond donors (Lipinski definition) is 1. The van der Waals surface area contributed by atoms with Crippen molar-refractivity contribution >= 4 is 0 Å². The molecule has 3 rings (SSSR count). The molecule has 1 saturated carbocycles. The van der Waals surface area contributed by atoms with Gasteiger partial charge in [-0.15, -0.1) is 0 Å². The summed E-state index contributed by atoms with van der Waals surface area (Å²) in [5.74, 6) is 0. The van der Waals surface area contributed by atoms with Gasteiger partial charge in [-0.3, -0.25) is 4.90 Å². The summed E-state index contributed by atoms with van der Waals surface area (Å²) >= 11 is 0. The first kappa shape index (κ1) is 14.8. The van der Waals surface area contributed by atoms with Gasteiger partial charge in [0.15, 0.2) is 0 Å². The largest absolute Gasteiger partial charge is 0.314 e. The molecule has 1 aliphatic carbocycles. The van der Waals surface area contributed by atoms with E-state index < -0.39 is 0 Å². The summed E-state index contributed by atoms with van der Waals surface area (Å²) < 4.78 is 0. The van der Waals surface area contributed by atoms with E-state index in [0.29, 0.717) is 0 Å². The van der Waals surface area contributed by atoms with Gasteiger partial charge in [0.2, 0.25) is 0 Å². The second-order valence-corrected chi connectivity index (χ2v) is 7.27. The quantitative estimate of drug-likeness (QED) is 0.806. The van der Waals surface area contributed by atoms with Crippen molar-refractivity contribution in [2.24, 2.45) is 0 Å². The first-order chi connectivity index (χ1) is 9.78. The molecular weight excluding hydrogens is 246 g/mol. The lowest BCUT2D eigenvalue weighted by Gasteiger charge is -2.40. The Bertz CT molecular complexity index is 287. The molecule has 3 fully saturated rings. The smallest absolute Gasteiger partial charge is 0.0115 e. The minimum atomic E-state index is 0.793. The molecule has 0 amide bonds. The maximum Gasteiger partial charge on any atom is 0.0115 e. The van der Waals surface area contributed by atoms with Crippen molar-refractivity contribution in [1.82, 2.24) is 15.1 Å². The zero-order valence-electron chi connectivity index (χ0n) is 13.5. The lowest BCUT2D eigenvalue weighted by molar-refractivity contribution is 0.0976. The molecule has 1 N–H and O–H groups in total. The molecule has 2 atom stereocenters. The van der Waals surface area contributed by atoms with Crippen LogP contribution in [0.2, 0.25) is 0 Å². The van der Waals surface area contributed by atoms with Crippen molar-refractivity contribution in [3.05, 3.63) is 0 Å². The molecular formula is C17H33N3. The lowest BCUT2D eigenvalue weighted by Crippen LogP contribution is -2.51. The molecule has 0 spiro atoms. The third kappa shape index (κ3) is 3.20. The maximum atomic E-state index is 3.68. The van der Waals surface area contributed by atoms with Crippen LogP contribution in [0.15, 0.2) is 0 Å². The average molecular weight is 279 g/mol. The Hall–Kier alpha value is -0.120. The van der Waals surface area contributed by atoms with Gasteiger partial charge in [0.1, 0.15) is 0 Å². The summed E-state index contributed by atoms with van der Waals surface area (Å²) in [6.07, 6.45) is 11.4. The number of likely N-dealkylation sites (N-methyl/N-ethyl adjacent to an activating group) is 1. The zero-order valence-corrected chi connectivity index (χ0v) is 13.5. The van der Waals surface area contributed by atoms with Crippen LogP contribution in [0.25, 0.3) is 0 Å².